The third-order valence-electron chi connectivity index (χ3n) is 2.75. The fourth-order valence-corrected chi connectivity index (χ4v) is 1.34. The maximum Gasteiger partial charge on any atom is 0.227 e. The zero-order valence-electron chi connectivity index (χ0n) is 10.3. The van der Waals surface area contributed by atoms with Gasteiger partial charge in [0.1, 0.15) is 5.75 Å². The van der Waals surface area contributed by atoms with Crippen LogP contribution in [-0.2, 0) is 4.79 Å². The van der Waals surface area contributed by atoms with Crippen LogP contribution in [0.25, 0.3) is 0 Å². The number of carbonyl (C=O) groups is 1. The fraction of sp³-hybridized carbons (Fsp3) is 0.462. The number of hydrogen-bond donors (Lipinski definition) is 1. The van der Waals surface area contributed by atoms with Crippen molar-refractivity contribution in [1.29, 1.82) is 0 Å². The lowest BCUT2D eigenvalue weighted by molar-refractivity contribution is -0.119. The van der Waals surface area contributed by atoms with Crippen molar-refractivity contribution in [1.82, 2.24) is 0 Å². The second-order valence-corrected chi connectivity index (χ2v) is 3.98. The highest BCUT2D eigenvalue weighted by Crippen LogP contribution is 2.21. The molecular formula is C13H19NO2. The summed E-state index contributed by atoms with van der Waals surface area (Å²) in [6.45, 7) is 5.88. The summed E-state index contributed by atoms with van der Waals surface area (Å²) >= 11 is 0. The molecule has 0 aromatic heterocycles. The van der Waals surface area contributed by atoms with Gasteiger partial charge in [0.25, 0.3) is 0 Å². The summed E-state index contributed by atoms with van der Waals surface area (Å²) in [4.78, 5) is 11.7. The SMILES string of the molecule is CCC(C)C(=O)Nc1ccc(OC)cc1C. The van der Waals surface area contributed by atoms with E-state index in [1.54, 1.807) is 7.11 Å². The molecule has 1 rings (SSSR count). The monoisotopic (exact) mass is 221 g/mol. The highest BCUT2D eigenvalue weighted by Gasteiger charge is 2.11. The molecule has 16 heavy (non-hydrogen) atoms. The standard InChI is InChI=1S/C13H19NO2/c1-5-9(2)13(15)14-12-7-6-11(16-4)8-10(12)3/h6-9H,5H2,1-4H3,(H,14,15). The number of aryl methyl sites for hydroxylation is 1. The second-order valence-electron chi connectivity index (χ2n) is 3.98. The molecule has 1 N–H and O–H groups in total. The molecule has 0 aliphatic carbocycles. The van der Waals surface area contributed by atoms with Crippen molar-refractivity contribution in [3.63, 3.8) is 0 Å². The minimum atomic E-state index is 0.0431. The predicted molar refractivity (Wildman–Crippen MR) is 65.8 cm³/mol. The number of methoxy groups -OCH3 is 1. The van der Waals surface area contributed by atoms with E-state index in [0.29, 0.717) is 0 Å². The maximum atomic E-state index is 11.7. The number of nitrogens with one attached hydrogen (secondary N) is 1. The maximum absolute atomic E-state index is 11.7. The van der Waals surface area contributed by atoms with Crippen molar-refractivity contribution in [2.45, 2.75) is 27.2 Å². The molecule has 0 bridgehead atoms. The van der Waals surface area contributed by atoms with Crippen molar-refractivity contribution >= 4 is 11.6 Å². The smallest absolute Gasteiger partial charge is 0.227 e. The molecular weight excluding hydrogens is 202 g/mol. The first-order valence-corrected chi connectivity index (χ1v) is 5.54. The summed E-state index contributed by atoms with van der Waals surface area (Å²) in [6, 6.07) is 5.62. The Kier molecular flexibility index (Phi) is 4.35. The van der Waals surface area contributed by atoms with Gasteiger partial charge in [0.05, 0.1) is 7.11 Å². The van der Waals surface area contributed by atoms with Gasteiger partial charge in [-0.15, -0.1) is 0 Å². The van der Waals surface area contributed by atoms with Gasteiger partial charge in [0.15, 0.2) is 0 Å². The lowest BCUT2D eigenvalue weighted by Crippen LogP contribution is -2.20. The zero-order valence-corrected chi connectivity index (χ0v) is 10.3. The highest BCUT2D eigenvalue weighted by molar-refractivity contribution is 5.93. The molecule has 0 radical (unpaired) electrons. The Balaban J connectivity index is 2.78. The van der Waals surface area contributed by atoms with Crippen LogP contribution in [0.15, 0.2) is 18.2 Å². The van der Waals surface area contributed by atoms with Gasteiger partial charge in [0.2, 0.25) is 5.91 Å². The zero-order chi connectivity index (χ0) is 12.1. The largest absolute Gasteiger partial charge is 0.497 e. The highest BCUT2D eigenvalue weighted by atomic mass is 16.5. The minimum absolute atomic E-state index is 0.0431. The molecule has 0 saturated carbocycles. The number of hydrogen-bond acceptors (Lipinski definition) is 2. The van der Waals surface area contributed by atoms with Crippen molar-refractivity contribution in [3.8, 4) is 5.75 Å². The molecule has 0 fully saturated rings. The topological polar surface area (TPSA) is 38.3 Å². The predicted octanol–water partition coefficient (Wildman–Crippen LogP) is 2.99. The van der Waals surface area contributed by atoms with E-state index in [9.17, 15) is 4.79 Å². The molecule has 0 heterocycles. The van der Waals surface area contributed by atoms with Crippen LogP contribution < -0.4 is 10.1 Å². The lowest BCUT2D eigenvalue weighted by atomic mass is 10.1. The average Bonchev–Trinajstić information content (AvgIpc) is 2.30. The van der Waals surface area contributed by atoms with Crippen LogP contribution in [0.3, 0.4) is 0 Å². The van der Waals surface area contributed by atoms with Crippen molar-refractivity contribution in [3.05, 3.63) is 23.8 Å². The molecule has 1 unspecified atom stereocenters. The summed E-state index contributed by atoms with van der Waals surface area (Å²) in [5, 5.41) is 2.92. The molecule has 1 aromatic carbocycles. The van der Waals surface area contributed by atoms with E-state index in [4.69, 9.17) is 4.74 Å². The van der Waals surface area contributed by atoms with Gasteiger partial charge in [0, 0.05) is 11.6 Å². The molecule has 1 aromatic rings. The molecule has 3 heteroatoms. The molecule has 1 atom stereocenters. The minimum Gasteiger partial charge on any atom is -0.497 e. The van der Waals surface area contributed by atoms with E-state index in [2.05, 4.69) is 5.32 Å². The van der Waals surface area contributed by atoms with E-state index in [1.165, 1.54) is 0 Å². The van der Waals surface area contributed by atoms with E-state index in [1.807, 2.05) is 39.0 Å². The van der Waals surface area contributed by atoms with Gasteiger partial charge in [-0.3, -0.25) is 4.79 Å². The van der Waals surface area contributed by atoms with E-state index >= 15 is 0 Å². The molecule has 0 spiro atoms. The summed E-state index contributed by atoms with van der Waals surface area (Å²) < 4.78 is 5.11. The Bertz CT molecular complexity index is 374. The van der Waals surface area contributed by atoms with Gasteiger partial charge in [-0.25, -0.2) is 0 Å². The van der Waals surface area contributed by atoms with Gasteiger partial charge in [-0.2, -0.15) is 0 Å². The third-order valence-corrected chi connectivity index (χ3v) is 2.75. The second kappa shape index (κ2) is 5.54. The Morgan fingerprint density at radius 3 is 2.69 bits per heavy atom. The quantitative estimate of drug-likeness (QED) is 0.848. The molecule has 1 amide bonds. The van der Waals surface area contributed by atoms with E-state index in [-0.39, 0.29) is 11.8 Å². The normalized spacial score (nSPS) is 12.0. The fourth-order valence-electron chi connectivity index (χ4n) is 1.34. The van der Waals surface area contributed by atoms with Crippen molar-refractivity contribution in [2.75, 3.05) is 12.4 Å². The van der Waals surface area contributed by atoms with Crippen LogP contribution in [0.4, 0.5) is 5.69 Å². The van der Waals surface area contributed by atoms with Crippen LogP contribution in [0.5, 0.6) is 5.75 Å². The van der Waals surface area contributed by atoms with Crippen molar-refractivity contribution in [2.24, 2.45) is 5.92 Å². The van der Waals surface area contributed by atoms with Gasteiger partial charge < -0.3 is 10.1 Å². The summed E-state index contributed by atoms with van der Waals surface area (Å²) in [6.07, 6.45) is 0.848. The van der Waals surface area contributed by atoms with E-state index < -0.39 is 0 Å². The Morgan fingerprint density at radius 2 is 2.19 bits per heavy atom. The molecule has 88 valence electrons. The van der Waals surface area contributed by atoms with Gasteiger partial charge in [-0.1, -0.05) is 13.8 Å². The van der Waals surface area contributed by atoms with Crippen LogP contribution in [-0.4, -0.2) is 13.0 Å². The van der Waals surface area contributed by atoms with E-state index in [0.717, 1.165) is 23.4 Å². The number of amides is 1. The lowest BCUT2D eigenvalue weighted by Gasteiger charge is -2.12. The van der Waals surface area contributed by atoms with Crippen LogP contribution in [0.1, 0.15) is 25.8 Å². The summed E-state index contributed by atoms with van der Waals surface area (Å²) in [7, 11) is 1.63. The van der Waals surface area contributed by atoms with Gasteiger partial charge in [-0.05, 0) is 37.1 Å². The summed E-state index contributed by atoms with van der Waals surface area (Å²) in [5.74, 6) is 0.913. The van der Waals surface area contributed by atoms with Crippen molar-refractivity contribution < 1.29 is 9.53 Å². The van der Waals surface area contributed by atoms with Crippen LogP contribution >= 0.6 is 0 Å². The molecule has 0 saturated heterocycles. The average molecular weight is 221 g/mol. The Labute approximate surface area is 96.8 Å². The first-order valence-electron chi connectivity index (χ1n) is 5.54. The molecule has 0 aliphatic rings. The van der Waals surface area contributed by atoms with Gasteiger partial charge >= 0.3 is 0 Å². The third kappa shape index (κ3) is 2.99. The number of carbonyl (C=O) groups excluding carboxylic acids is 1. The Morgan fingerprint density at radius 1 is 1.50 bits per heavy atom. The first kappa shape index (κ1) is 12.6. The molecule has 3 nitrogen and oxygen atoms in total. The number of rotatable bonds is 4. The number of benzene rings is 1. The number of ether oxygens (including phenoxy) is 1. The first-order chi connectivity index (χ1) is 7.58. The molecule has 0 aliphatic heterocycles. The van der Waals surface area contributed by atoms with Crippen LogP contribution in [0, 0.1) is 12.8 Å². The summed E-state index contributed by atoms with van der Waals surface area (Å²) in [5.41, 5.74) is 1.86. The van der Waals surface area contributed by atoms with Crippen LogP contribution in [0.2, 0.25) is 0 Å². The Hall–Kier alpha value is -1.51. The number of anilines is 1.